The monoisotopic (exact) mass is 479 g/mol. The lowest BCUT2D eigenvalue weighted by Crippen LogP contribution is -2.63. The highest BCUT2D eigenvalue weighted by molar-refractivity contribution is 4.98. The van der Waals surface area contributed by atoms with Crippen molar-refractivity contribution in [2.75, 3.05) is 13.7 Å². The van der Waals surface area contributed by atoms with Crippen molar-refractivity contribution in [2.45, 2.75) is 112 Å². The molecule has 0 bridgehead atoms. The Hall–Kier alpha value is -0.440. The number of hydrogen-bond acceptors (Lipinski definition) is 10. The second kappa shape index (κ2) is 10.7. The normalized spacial score (nSPS) is 53.5. The molecule has 4 aliphatic rings. The van der Waals surface area contributed by atoms with E-state index in [4.69, 9.17) is 18.9 Å². The summed E-state index contributed by atoms with van der Waals surface area (Å²) in [6, 6.07) is 0. The predicted octanol–water partition coefficient (Wildman–Crippen LogP) is -2.85. The third-order valence-corrected chi connectivity index (χ3v) is 8.01. The van der Waals surface area contributed by atoms with Crippen molar-refractivity contribution in [3.63, 3.8) is 0 Å². The van der Waals surface area contributed by atoms with Crippen molar-refractivity contribution in [1.29, 1.82) is 0 Å². The van der Waals surface area contributed by atoms with Crippen LogP contribution in [0.25, 0.3) is 0 Å². The minimum atomic E-state index is -1.55. The minimum Gasteiger partial charge on any atom is -0.427 e. The molecule has 0 spiro atoms. The van der Waals surface area contributed by atoms with Crippen LogP contribution in [0.15, 0.2) is 0 Å². The third kappa shape index (κ3) is 5.24. The zero-order valence-corrected chi connectivity index (χ0v) is 18.8. The number of aliphatic hydroxyl groups excluding tert-OH is 7. The Labute approximate surface area is 192 Å². The quantitative estimate of drug-likeness (QED) is 0.203. The van der Waals surface area contributed by atoms with Gasteiger partial charge >= 0.3 is 0 Å². The van der Waals surface area contributed by atoms with E-state index in [1.165, 1.54) is 0 Å². The van der Waals surface area contributed by atoms with Gasteiger partial charge < -0.3 is 54.7 Å². The summed E-state index contributed by atoms with van der Waals surface area (Å²) in [4.78, 5) is 0. The van der Waals surface area contributed by atoms with Gasteiger partial charge in [0.1, 0.15) is 30.5 Å². The average molecular weight is 480 g/mol. The molecule has 4 rings (SSSR count). The van der Waals surface area contributed by atoms with Gasteiger partial charge in [-0.15, -0.1) is 0 Å². The first-order valence-electron chi connectivity index (χ1n) is 12.0. The molecular weight excluding hydrogens is 440 g/mol. The number of fused-ring (bicyclic) bond motifs is 1. The van der Waals surface area contributed by atoms with Crippen LogP contribution in [0.2, 0.25) is 0 Å². The zero-order chi connectivity index (χ0) is 23.9. The van der Waals surface area contributed by atoms with E-state index in [1.54, 1.807) is 7.11 Å². The maximum atomic E-state index is 10.6. The highest BCUT2D eigenvalue weighted by Crippen LogP contribution is 2.42. The molecule has 2 heterocycles. The van der Waals surface area contributed by atoms with Gasteiger partial charge in [-0.3, -0.25) is 0 Å². The summed E-state index contributed by atoms with van der Waals surface area (Å²) >= 11 is 0. The van der Waals surface area contributed by atoms with Gasteiger partial charge in [0.2, 0.25) is 0 Å². The molecule has 0 radical (unpaired) electrons. The van der Waals surface area contributed by atoms with Crippen LogP contribution in [0.1, 0.15) is 38.5 Å². The van der Waals surface area contributed by atoms with Crippen LogP contribution in [-0.4, -0.2) is 128 Å². The number of aliphatic hydroxyl groups is 9. The third-order valence-electron chi connectivity index (χ3n) is 8.01. The molecule has 2 aliphatic heterocycles. The van der Waals surface area contributed by atoms with Crippen LogP contribution in [0.5, 0.6) is 0 Å². The van der Waals surface area contributed by atoms with Crippen LogP contribution in [-0.2, 0) is 14.2 Å². The van der Waals surface area contributed by atoms with E-state index in [9.17, 15) is 35.7 Å². The molecule has 192 valence electrons. The van der Waals surface area contributed by atoms with Crippen LogP contribution in [0.3, 0.4) is 0 Å². The SMILES string of the molecule is COC1CC(C2[OH+]C3CC(O)CC(O)C3CC2O[C@@H]2O[C@@H](CO)[C@@H](O)[C@H](O)[C@@H]2O)CCC1O. The first-order valence-corrected chi connectivity index (χ1v) is 12.0. The van der Waals surface area contributed by atoms with Crippen molar-refractivity contribution in [2.24, 2.45) is 11.8 Å². The maximum Gasteiger partial charge on any atom is 0.187 e. The molecular formula is C22H39O11+. The molecule has 0 amide bonds. The molecule has 14 atom stereocenters. The Kier molecular flexibility index (Phi) is 8.29. The van der Waals surface area contributed by atoms with E-state index in [0.29, 0.717) is 32.1 Å². The molecule has 4 fully saturated rings. The summed E-state index contributed by atoms with van der Waals surface area (Å²) in [7, 11) is 1.56. The maximum absolute atomic E-state index is 10.6. The number of ether oxygens (including phenoxy) is 4. The second-order valence-corrected chi connectivity index (χ2v) is 10.1. The van der Waals surface area contributed by atoms with Crippen LogP contribution >= 0.6 is 0 Å². The van der Waals surface area contributed by atoms with Gasteiger partial charge in [-0.25, -0.2) is 0 Å². The molecule has 8 N–H and O–H groups in total. The fourth-order valence-electron chi connectivity index (χ4n) is 6.09. The van der Waals surface area contributed by atoms with E-state index in [1.807, 2.05) is 0 Å². The summed E-state index contributed by atoms with van der Waals surface area (Å²) in [5.74, 6) is -0.225. The fraction of sp³-hybridized carbons (Fsp3) is 1.00. The standard InChI is InChI=1S/C22H38O11/c1-30-15-4-9(2-3-12(15)25)21-16(7-11-13(26)5-10(24)6-14(11)31-21)32-22-20(29)19(28)18(27)17(8-23)33-22/h9-29H,2-8H2,1H3/p+1/t9?,10?,11?,12?,13?,14?,15?,16?,17-,18+,19-,20-,21?,22+/m0/s1. The van der Waals surface area contributed by atoms with Crippen LogP contribution in [0, 0.1) is 11.8 Å². The highest BCUT2D eigenvalue weighted by Gasteiger charge is 2.54. The zero-order valence-electron chi connectivity index (χ0n) is 18.8. The number of methoxy groups -OCH3 is 1. The number of hydrogen-bond donors (Lipinski definition) is 7. The molecule has 2 aliphatic carbocycles. The van der Waals surface area contributed by atoms with E-state index < -0.39 is 61.7 Å². The lowest BCUT2D eigenvalue weighted by molar-refractivity contribution is -0.356. The van der Waals surface area contributed by atoms with Crippen molar-refractivity contribution < 1.29 is 54.7 Å². The Morgan fingerprint density at radius 3 is 2.30 bits per heavy atom. The Morgan fingerprint density at radius 2 is 1.61 bits per heavy atom. The summed E-state index contributed by atoms with van der Waals surface area (Å²) in [6.07, 6.45) is -7.48. The molecule has 33 heavy (non-hydrogen) atoms. The largest absolute Gasteiger partial charge is 0.427 e. The van der Waals surface area contributed by atoms with Crippen molar-refractivity contribution in [1.82, 2.24) is 0 Å². The summed E-state index contributed by atoms with van der Waals surface area (Å²) in [5, 5.41) is 71.2. The van der Waals surface area contributed by atoms with Gasteiger partial charge in [0.05, 0.1) is 36.9 Å². The number of rotatable bonds is 5. The molecule has 0 aromatic rings. The van der Waals surface area contributed by atoms with Gasteiger partial charge in [0.25, 0.3) is 0 Å². The molecule has 11 nitrogen and oxygen atoms in total. The minimum absolute atomic E-state index is 0.00500. The molecule has 9 unspecified atom stereocenters. The van der Waals surface area contributed by atoms with E-state index in [0.717, 1.165) is 0 Å². The lowest BCUT2D eigenvalue weighted by atomic mass is 9.72. The second-order valence-electron chi connectivity index (χ2n) is 10.1. The fourth-order valence-corrected chi connectivity index (χ4v) is 6.09. The average Bonchev–Trinajstić information content (AvgIpc) is 2.79. The summed E-state index contributed by atoms with van der Waals surface area (Å²) < 4.78 is 22.2. The van der Waals surface area contributed by atoms with Gasteiger partial charge in [0, 0.05) is 25.9 Å². The topological polar surface area (TPSA) is 182 Å². The Balaban J connectivity index is 1.54. The van der Waals surface area contributed by atoms with Gasteiger partial charge in [-0.05, 0) is 25.7 Å². The smallest absolute Gasteiger partial charge is 0.187 e. The summed E-state index contributed by atoms with van der Waals surface area (Å²) in [6.45, 7) is -0.555. The molecule has 0 aromatic heterocycles. The van der Waals surface area contributed by atoms with Gasteiger partial charge in [-0.1, -0.05) is 0 Å². The van der Waals surface area contributed by atoms with Crippen molar-refractivity contribution >= 4 is 0 Å². The first kappa shape index (κ1) is 25.6. The van der Waals surface area contributed by atoms with Crippen LogP contribution < -0.4 is 0 Å². The van der Waals surface area contributed by atoms with Crippen molar-refractivity contribution in [3.8, 4) is 0 Å². The van der Waals surface area contributed by atoms with Crippen molar-refractivity contribution in [3.05, 3.63) is 0 Å². The predicted molar refractivity (Wildman–Crippen MR) is 112 cm³/mol. The van der Waals surface area contributed by atoms with Gasteiger partial charge in [-0.2, -0.15) is 0 Å². The molecule has 0 aromatic carbocycles. The van der Waals surface area contributed by atoms with E-state index in [-0.39, 0.29) is 36.6 Å². The molecule has 11 heteroatoms. The Morgan fingerprint density at radius 1 is 0.848 bits per heavy atom. The van der Waals surface area contributed by atoms with E-state index >= 15 is 0 Å². The highest BCUT2D eigenvalue weighted by atomic mass is 16.7. The van der Waals surface area contributed by atoms with Crippen LogP contribution in [0.4, 0.5) is 0 Å². The van der Waals surface area contributed by atoms with Gasteiger partial charge in [0.15, 0.2) is 18.5 Å². The first-order chi connectivity index (χ1) is 15.7. The molecule has 2 saturated carbocycles. The lowest BCUT2D eigenvalue weighted by Gasteiger charge is -2.48. The molecule has 2 saturated heterocycles. The Bertz CT molecular complexity index is 635. The van der Waals surface area contributed by atoms with E-state index in [2.05, 4.69) is 0 Å². The summed E-state index contributed by atoms with van der Waals surface area (Å²) in [5.41, 5.74) is 0.